The van der Waals surface area contributed by atoms with E-state index in [1.165, 1.54) is 5.56 Å². The molecule has 1 aliphatic heterocycles. The molecule has 148 valence electrons. The van der Waals surface area contributed by atoms with Gasteiger partial charge in [0, 0.05) is 17.8 Å². The summed E-state index contributed by atoms with van der Waals surface area (Å²) in [5.74, 6) is 0.626. The number of hydrogen-bond donors (Lipinski definition) is 1. The summed E-state index contributed by atoms with van der Waals surface area (Å²) in [6, 6.07) is 16.1. The van der Waals surface area contributed by atoms with Gasteiger partial charge in [0.1, 0.15) is 5.37 Å². The van der Waals surface area contributed by atoms with Crippen molar-refractivity contribution in [2.24, 2.45) is 0 Å². The number of nitrogens with zero attached hydrogens (tertiary/aromatic N) is 1. The van der Waals surface area contributed by atoms with Crippen LogP contribution in [0.25, 0.3) is 0 Å². The molecule has 0 saturated carbocycles. The first-order valence-electron chi connectivity index (χ1n) is 9.73. The SMILES string of the molecule is CCCC(=O)Nc1ccc(C2SCC(=O)N2c2ccc(C(C)(C)C)cc2)cc1. The van der Waals surface area contributed by atoms with E-state index >= 15 is 0 Å². The topological polar surface area (TPSA) is 49.4 Å². The van der Waals surface area contributed by atoms with Gasteiger partial charge in [0.25, 0.3) is 0 Å². The van der Waals surface area contributed by atoms with Crippen LogP contribution in [0.2, 0.25) is 0 Å². The number of rotatable bonds is 5. The minimum Gasteiger partial charge on any atom is -0.326 e. The molecule has 0 bridgehead atoms. The Labute approximate surface area is 171 Å². The van der Waals surface area contributed by atoms with Gasteiger partial charge >= 0.3 is 0 Å². The van der Waals surface area contributed by atoms with Gasteiger partial charge in [0.15, 0.2) is 0 Å². The Bertz CT molecular complexity index is 838. The zero-order valence-corrected chi connectivity index (χ0v) is 17.8. The van der Waals surface area contributed by atoms with Crippen molar-refractivity contribution < 1.29 is 9.59 Å². The Balaban J connectivity index is 1.79. The Hall–Kier alpha value is -2.27. The van der Waals surface area contributed by atoms with Gasteiger partial charge in [-0.2, -0.15) is 0 Å². The van der Waals surface area contributed by atoms with Crippen molar-refractivity contribution in [3.05, 3.63) is 59.7 Å². The Morgan fingerprint density at radius 1 is 1.11 bits per heavy atom. The van der Waals surface area contributed by atoms with Crippen molar-refractivity contribution in [1.29, 1.82) is 0 Å². The van der Waals surface area contributed by atoms with E-state index in [-0.39, 0.29) is 22.6 Å². The lowest BCUT2D eigenvalue weighted by atomic mass is 9.87. The minimum atomic E-state index is -0.0478. The van der Waals surface area contributed by atoms with E-state index in [9.17, 15) is 9.59 Å². The summed E-state index contributed by atoms with van der Waals surface area (Å²) in [5, 5.41) is 2.86. The van der Waals surface area contributed by atoms with E-state index in [1.54, 1.807) is 11.8 Å². The third-order valence-corrected chi connectivity index (χ3v) is 6.05. The zero-order chi connectivity index (χ0) is 20.3. The molecule has 1 atom stereocenters. The fraction of sp³-hybridized carbons (Fsp3) is 0.391. The lowest BCUT2D eigenvalue weighted by Gasteiger charge is -2.26. The third-order valence-electron chi connectivity index (χ3n) is 4.84. The lowest BCUT2D eigenvalue weighted by Crippen LogP contribution is -2.28. The molecule has 2 amide bonds. The number of carbonyl (C=O) groups excluding carboxylic acids is 2. The van der Waals surface area contributed by atoms with Crippen molar-refractivity contribution in [1.82, 2.24) is 0 Å². The first-order chi connectivity index (χ1) is 13.3. The summed E-state index contributed by atoms with van der Waals surface area (Å²) < 4.78 is 0. The van der Waals surface area contributed by atoms with Crippen LogP contribution in [0.4, 0.5) is 11.4 Å². The average Bonchev–Trinajstić information content (AvgIpc) is 3.03. The summed E-state index contributed by atoms with van der Waals surface area (Å²) in [5.41, 5.74) is 4.11. The van der Waals surface area contributed by atoms with Gasteiger partial charge in [-0.1, -0.05) is 52.0 Å². The van der Waals surface area contributed by atoms with Crippen molar-refractivity contribution >= 4 is 35.0 Å². The van der Waals surface area contributed by atoms with Crippen LogP contribution in [-0.2, 0) is 15.0 Å². The highest BCUT2D eigenvalue weighted by Gasteiger charge is 2.34. The smallest absolute Gasteiger partial charge is 0.238 e. The highest BCUT2D eigenvalue weighted by Crippen LogP contribution is 2.42. The van der Waals surface area contributed by atoms with E-state index in [1.807, 2.05) is 48.2 Å². The van der Waals surface area contributed by atoms with Gasteiger partial charge in [-0.15, -0.1) is 11.8 Å². The molecule has 3 rings (SSSR count). The maximum absolute atomic E-state index is 12.6. The molecule has 1 N–H and O–H groups in total. The summed E-state index contributed by atoms with van der Waals surface area (Å²) in [4.78, 5) is 26.2. The predicted molar refractivity (Wildman–Crippen MR) is 118 cm³/mol. The highest BCUT2D eigenvalue weighted by atomic mass is 32.2. The molecular weight excluding hydrogens is 368 g/mol. The van der Waals surface area contributed by atoms with Crippen LogP contribution in [0.5, 0.6) is 0 Å². The van der Waals surface area contributed by atoms with E-state index in [0.717, 1.165) is 23.4 Å². The minimum absolute atomic E-state index is 0.0289. The first-order valence-corrected chi connectivity index (χ1v) is 10.8. The fourth-order valence-electron chi connectivity index (χ4n) is 3.25. The van der Waals surface area contributed by atoms with E-state index < -0.39 is 0 Å². The average molecular weight is 397 g/mol. The highest BCUT2D eigenvalue weighted by molar-refractivity contribution is 8.00. The van der Waals surface area contributed by atoms with Gasteiger partial charge in [0.2, 0.25) is 11.8 Å². The largest absolute Gasteiger partial charge is 0.326 e. The van der Waals surface area contributed by atoms with E-state index in [2.05, 4.69) is 38.2 Å². The van der Waals surface area contributed by atoms with Gasteiger partial charge in [-0.25, -0.2) is 0 Å². The second kappa shape index (κ2) is 8.39. The first kappa shape index (κ1) is 20.5. The molecule has 4 nitrogen and oxygen atoms in total. The van der Waals surface area contributed by atoms with Crippen LogP contribution >= 0.6 is 11.8 Å². The number of nitrogens with one attached hydrogen (secondary N) is 1. The molecule has 1 unspecified atom stereocenters. The molecule has 1 heterocycles. The lowest BCUT2D eigenvalue weighted by molar-refractivity contribution is -0.116. The molecule has 5 heteroatoms. The molecular formula is C23H28N2O2S. The van der Waals surface area contributed by atoms with Crippen LogP contribution in [0.15, 0.2) is 48.5 Å². The number of thioether (sulfide) groups is 1. The van der Waals surface area contributed by atoms with E-state index in [0.29, 0.717) is 12.2 Å². The molecule has 0 spiro atoms. The van der Waals surface area contributed by atoms with Crippen molar-refractivity contribution in [3.63, 3.8) is 0 Å². The Morgan fingerprint density at radius 2 is 1.75 bits per heavy atom. The number of hydrogen-bond acceptors (Lipinski definition) is 3. The molecule has 28 heavy (non-hydrogen) atoms. The summed E-state index contributed by atoms with van der Waals surface area (Å²) in [6.45, 7) is 8.53. The number of carbonyl (C=O) groups is 2. The van der Waals surface area contributed by atoms with Crippen LogP contribution in [-0.4, -0.2) is 17.6 Å². The monoisotopic (exact) mass is 396 g/mol. The normalized spacial score (nSPS) is 17.1. The molecule has 1 fully saturated rings. The number of anilines is 2. The quantitative estimate of drug-likeness (QED) is 0.726. The van der Waals surface area contributed by atoms with Crippen LogP contribution in [0.1, 0.15) is 57.0 Å². The molecule has 0 radical (unpaired) electrons. The number of benzene rings is 2. The van der Waals surface area contributed by atoms with Gasteiger partial charge in [-0.05, 0) is 47.2 Å². The van der Waals surface area contributed by atoms with E-state index in [4.69, 9.17) is 0 Å². The van der Waals surface area contributed by atoms with Crippen LogP contribution < -0.4 is 10.2 Å². The predicted octanol–water partition coefficient (Wildman–Crippen LogP) is 5.50. The van der Waals surface area contributed by atoms with Crippen molar-refractivity contribution in [2.45, 2.75) is 51.3 Å². The molecule has 2 aromatic rings. The molecule has 1 saturated heterocycles. The Morgan fingerprint density at radius 3 is 2.32 bits per heavy atom. The maximum atomic E-state index is 12.6. The summed E-state index contributed by atoms with van der Waals surface area (Å²) >= 11 is 1.63. The van der Waals surface area contributed by atoms with Crippen molar-refractivity contribution in [2.75, 3.05) is 16.0 Å². The second-order valence-corrected chi connectivity index (χ2v) is 9.21. The van der Waals surface area contributed by atoms with Gasteiger partial charge in [0.05, 0.1) is 5.75 Å². The molecule has 0 aliphatic carbocycles. The van der Waals surface area contributed by atoms with Gasteiger partial charge in [-0.3, -0.25) is 14.5 Å². The van der Waals surface area contributed by atoms with Crippen LogP contribution in [0.3, 0.4) is 0 Å². The standard InChI is InChI=1S/C23H28N2O2S/c1-5-6-20(26)24-18-11-7-16(8-12-18)22-25(21(27)15-28-22)19-13-9-17(10-14-19)23(2,3)4/h7-14,22H,5-6,15H2,1-4H3,(H,24,26). The van der Waals surface area contributed by atoms with Gasteiger partial charge < -0.3 is 5.32 Å². The molecule has 1 aliphatic rings. The zero-order valence-electron chi connectivity index (χ0n) is 17.0. The van der Waals surface area contributed by atoms with Crippen LogP contribution in [0, 0.1) is 0 Å². The summed E-state index contributed by atoms with van der Waals surface area (Å²) in [6.07, 6.45) is 1.35. The summed E-state index contributed by atoms with van der Waals surface area (Å²) in [7, 11) is 0. The Kier molecular flexibility index (Phi) is 6.14. The fourth-order valence-corrected chi connectivity index (χ4v) is 4.43. The molecule has 0 aromatic heterocycles. The number of amides is 2. The maximum Gasteiger partial charge on any atom is 0.238 e. The van der Waals surface area contributed by atoms with Crippen molar-refractivity contribution in [3.8, 4) is 0 Å². The molecule has 2 aromatic carbocycles. The second-order valence-electron chi connectivity index (χ2n) is 8.14. The third kappa shape index (κ3) is 4.58.